The van der Waals surface area contributed by atoms with E-state index >= 15 is 0 Å². The highest BCUT2D eigenvalue weighted by Crippen LogP contribution is 2.27. The van der Waals surface area contributed by atoms with Gasteiger partial charge in [-0.1, -0.05) is 0 Å². The first-order valence-electron chi connectivity index (χ1n) is 5.74. The van der Waals surface area contributed by atoms with E-state index in [9.17, 15) is 18.0 Å². The van der Waals surface area contributed by atoms with Gasteiger partial charge in [0.05, 0.1) is 11.9 Å². The number of aromatic nitrogens is 3. The van der Waals surface area contributed by atoms with E-state index in [1.807, 2.05) is 0 Å². The van der Waals surface area contributed by atoms with Gasteiger partial charge in [0, 0.05) is 31.7 Å². The summed E-state index contributed by atoms with van der Waals surface area (Å²) >= 11 is 0. The molecule has 2 aromatic rings. The highest BCUT2D eigenvalue weighted by molar-refractivity contribution is 5.93. The molecule has 2 rings (SSSR count). The first kappa shape index (κ1) is 14.0. The van der Waals surface area contributed by atoms with E-state index in [1.54, 1.807) is 23.3 Å². The van der Waals surface area contributed by atoms with Crippen molar-refractivity contribution in [1.82, 2.24) is 19.9 Å². The van der Waals surface area contributed by atoms with Gasteiger partial charge in [0.1, 0.15) is 5.69 Å². The topological polar surface area (TPSA) is 59.8 Å². The molecule has 1 amide bonds. The molecule has 8 heteroatoms. The molecular weight excluding hydrogens is 273 g/mol. The lowest BCUT2D eigenvalue weighted by Gasteiger charge is -2.07. The van der Waals surface area contributed by atoms with Crippen LogP contribution in [0.25, 0.3) is 0 Å². The van der Waals surface area contributed by atoms with Crippen LogP contribution in [-0.4, -0.2) is 27.0 Å². The quantitative estimate of drug-likeness (QED) is 0.930. The minimum absolute atomic E-state index is 0.0867. The van der Waals surface area contributed by atoms with Crippen molar-refractivity contribution in [2.24, 2.45) is 0 Å². The number of imidazole rings is 1. The van der Waals surface area contributed by atoms with E-state index in [4.69, 9.17) is 0 Å². The molecular formula is C12H11F3N4O. The SMILES string of the molecule is O=C(NCCn1ccnc1)c1ccc(C(F)(F)F)nc1. The van der Waals surface area contributed by atoms with Gasteiger partial charge in [-0.25, -0.2) is 4.98 Å². The zero-order chi connectivity index (χ0) is 14.6. The Kier molecular flexibility index (Phi) is 4.02. The molecule has 5 nitrogen and oxygen atoms in total. The lowest BCUT2D eigenvalue weighted by atomic mass is 10.2. The summed E-state index contributed by atoms with van der Waals surface area (Å²) in [6, 6.07) is 1.88. The van der Waals surface area contributed by atoms with Crippen molar-refractivity contribution in [2.45, 2.75) is 12.7 Å². The second kappa shape index (κ2) is 5.72. The number of amides is 1. The van der Waals surface area contributed by atoms with Crippen molar-refractivity contribution < 1.29 is 18.0 Å². The number of nitrogens with one attached hydrogen (secondary N) is 1. The average Bonchev–Trinajstić information content (AvgIpc) is 2.91. The molecule has 0 saturated carbocycles. The summed E-state index contributed by atoms with van der Waals surface area (Å²) < 4.78 is 38.7. The fraction of sp³-hybridized carbons (Fsp3) is 0.250. The van der Waals surface area contributed by atoms with Gasteiger partial charge in [-0.3, -0.25) is 9.78 Å². The standard InChI is InChI=1S/C12H11F3N4O/c13-12(14,15)10-2-1-9(7-18-10)11(20)17-4-6-19-5-3-16-8-19/h1-3,5,7-8H,4,6H2,(H,17,20). The van der Waals surface area contributed by atoms with Crippen LogP contribution in [0, 0.1) is 0 Å². The van der Waals surface area contributed by atoms with Crippen LogP contribution in [0.3, 0.4) is 0 Å². The number of nitrogens with zero attached hydrogens (tertiary/aromatic N) is 3. The van der Waals surface area contributed by atoms with Crippen LogP contribution >= 0.6 is 0 Å². The molecule has 0 aromatic carbocycles. The van der Waals surface area contributed by atoms with Gasteiger partial charge in [-0.15, -0.1) is 0 Å². The maximum absolute atomic E-state index is 12.3. The minimum Gasteiger partial charge on any atom is -0.350 e. The Labute approximate surface area is 112 Å². The third-order valence-corrected chi connectivity index (χ3v) is 2.53. The Bertz CT molecular complexity index is 563. The van der Waals surface area contributed by atoms with Crippen LogP contribution in [-0.2, 0) is 12.7 Å². The average molecular weight is 284 g/mol. The monoisotopic (exact) mass is 284 g/mol. The van der Waals surface area contributed by atoms with Crippen molar-refractivity contribution in [3.63, 3.8) is 0 Å². The molecule has 20 heavy (non-hydrogen) atoms. The molecule has 0 unspecified atom stereocenters. The number of alkyl halides is 3. The van der Waals surface area contributed by atoms with E-state index in [2.05, 4.69) is 15.3 Å². The summed E-state index contributed by atoms with van der Waals surface area (Å²) in [5.74, 6) is -0.466. The Hall–Kier alpha value is -2.38. The molecule has 0 aliphatic carbocycles. The second-order valence-corrected chi connectivity index (χ2v) is 3.99. The molecule has 0 atom stereocenters. The van der Waals surface area contributed by atoms with Gasteiger partial charge < -0.3 is 9.88 Å². The molecule has 0 fully saturated rings. The van der Waals surface area contributed by atoms with Gasteiger partial charge in [0.25, 0.3) is 5.91 Å². The zero-order valence-electron chi connectivity index (χ0n) is 10.3. The van der Waals surface area contributed by atoms with E-state index in [-0.39, 0.29) is 5.56 Å². The molecule has 1 N–H and O–H groups in total. The normalized spacial score (nSPS) is 11.3. The number of hydrogen-bond donors (Lipinski definition) is 1. The van der Waals surface area contributed by atoms with Crippen LogP contribution in [0.15, 0.2) is 37.1 Å². The summed E-state index contributed by atoms with van der Waals surface area (Å²) in [5.41, 5.74) is -0.934. The number of carbonyl (C=O) groups is 1. The van der Waals surface area contributed by atoms with Crippen LogP contribution in [0.5, 0.6) is 0 Å². The summed E-state index contributed by atoms with van der Waals surface area (Å²) in [4.78, 5) is 18.7. The van der Waals surface area contributed by atoms with Crippen molar-refractivity contribution in [3.05, 3.63) is 48.3 Å². The molecule has 0 bridgehead atoms. The minimum atomic E-state index is -4.50. The largest absolute Gasteiger partial charge is 0.433 e. The smallest absolute Gasteiger partial charge is 0.350 e. The number of halogens is 3. The summed E-state index contributed by atoms with van der Waals surface area (Å²) in [6.07, 6.45) is 1.37. The lowest BCUT2D eigenvalue weighted by molar-refractivity contribution is -0.141. The lowest BCUT2D eigenvalue weighted by Crippen LogP contribution is -2.27. The van der Waals surface area contributed by atoms with Crippen molar-refractivity contribution in [1.29, 1.82) is 0 Å². The van der Waals surface area contributed by atoms with Gasteiger partial charge in [-0.05, 0) is 12.1 Å². The highest BCUT2D eigenvalue weighted by Gasteiger charge is 2.32. The third-order valence-electron chi connectivity index (χ3n) is 2.53. The first-order valence-corrected chi connectivity index (χ1v) is 5.74. The van der Waals surface area contributed by atoms with E-state index in [0.29, 0.717) is 13.1 Å². The molecule has 0 radical (unpaired) electrons. The van der Waals surface area contributed by atoms with Gasteiger partial charge in [0.2, 0.25) is 0 Å². The Morgan fingerprint density at radius 2 is 2.15 bits per heavy atom. The first-order chi connectivity index (χ1) is 9.47. The third kappa shape index (κ3) is 3.56. The molecule has 2 aromatic heterocycles. The van der Waals surface area contributed by atoms with E-state index in [1.165, 1.54) is 0 Å². The van der Waals surface area contributed by atoms with Crippen LogP contribution < -0.4 is 5.32 Å². The molecule has 0 saturated heterocycles. The number of rotatable bonds is 4. The Morgan fingerprint density at radius 1 is 1.35 bits per heavy atom. The molecule has 0 aliphatic rings. The summed E-state index contributed by atoms with van der Waals surface area (Å²) in [6.45, 7) is 0.871. The van der Waals surface area contributed by atoms with Crippen molar-refractivity contribution in [2.75, 3.05) is 6.54 Å². The van der Waals surface area contributed by atoms with Crippen molar-refractivity contribution >= 4 is 5.91 Å². The van der Waals surface area contributed by atoms with Gasteiger partial charge >= 0.3 is 6.18 Å². The number of pyridine rings is 1. The maximum atomic E-state index is 12.3. The summed E-state index contributed by atoms with van der Waals surface area (Å²) in [7, 11) is 0. The molecule has 106 valence electrons. The molecule has 2 heterocycles. The fourth-order valence-corrected chi connectivity index (χ4v) is 1.52. The summed E-state index contributed by atoms with van der Waals surface area (Å²) in [5, 5.41) is 2.59. The van der Waals surface area contributed by atoms with Crippen molar-refractivity contribution in [3.8, 4) is 0 Å². The predicted molar refractivity (Wildman–Crippen MR) is 63.8 cm³/mol. The number of carbonyl (C=O) groups excluding carboxylic acids is 1. The second-order valence-electron chi connectivity index (χ2n) is 3.99. The van der Waals surface area contributed by atoms with Crippen LogP contribution in [0.2, 0.25) is 0 Å². The van der Waals surface area contributed by atoms with E-state index in [0.717, 1.165) is 18.3 Å². The molecule has 0 spiro atoms. The molecule has 0 aliphatic heterocycles. The number of hydrogen-bond acceptors (Lipinski definition) is 3. The highest BCUT2D eigenvalue weighted by atomic mass is 19.4. The van der Waals surface area contributed by atoms with E-state index < -0.39 is 17.8 Å². The van der Waals surface area contributed by atoms with Crippen LogP contribution in [0.1, 0.15) is 16.1 Å². The maximum Gasteiger partial charge on any atom is 0.433 e. The zero-order valence-corrected chi connectivity index (χ0v) is 10.3. The van der Waals surface area contributed by atoms with Crippen LogP contribution in [0.4, 0.5) is 13.2 Å². The van der Waals surface area contributed by atoms with Gasteiger partial charge in [-0.2, -0.15) is 13.2 Å². The Morgan fingerprint density at radius 3 is 2.70 bits per heavy atom. The predicted octanol–water partition coefficient (Wildman–Crippen LogP) is 1.73. The fourth-order valence-electron chi connectivity index (χ4n) is 1.52. The van der Waals surface area contributed by atoms with Gasteiger partial charge in [0.15, 0.2) is 0 Å². The Balaban J connectivity index is 1.89.